The summed E-state index contributed by atoms with van der Waals surface area (Å²) in [4.78, 5) is 12.0. The molecular formula is C15H9F5O. The van der Waals surface area contributed by atoms with Gasteiger partial charge in [0, 0.05) is 5.56 Å². The molecule has 0 saturated heterocycles. The second kappa shape index (κ2) is 5.27. The lowest BCUT2D eigenvalue weighted by Gasteiger charge is -2.08. The standard InChI is InChI=1S/C15H9F5O/c1-8-2-7-11(13(17)12(8)16)14(21)9-3-5-10(6-4-9)15(18,19)20/h2-7H,1H3. The molecule has 0 aliphatic rings. The predicted molar refractivity (Wildman–Crippen MR) is 66.0 cm³/mol. The zero-order valence-electron chi connectivity index (χ0n) is 10.8. The van der Waals surface area contributed by atoms with Gasteiger partial charge in [-0.1, -0.05) is 18.2 Å². The van der Waals surface area contributed by atoms with E-state index in [1.54, 1.807) is 0 Å². The van der Waals surface area contributed by atoms with E-state index in [1.165, 1.54) is 13.0 Å². The van der Waals surface area contributed by atoms with E-state index in [4.69, 9.17) is 0 Å². The fraction of sp³-hybridized carbons (Fsp3) is 0.133. The minimum atomic E-state index is -4.53. The molecule has 0 bridgehead atoms. The van der Waals surface area contributed by atoms with Gasteiger partial charge < -0.3 is 0 Å². The highest BCUT2D eigenvalue weighted by molar-refractivity contribution is 6.09. The first-order chi connectivity index (χ1) is 9.71. The predicted octanol–water partition coefficient (Wildman–Crippen LogP) is 4.52. The van der Waals surface area contributed by atoms with Gasteiger partial charge in [0.2, 0.25) is 0 Å². The molecule has 2 rings (SSSR count). The third-order valence-corrected chi connectivity index (χ3v) is 2.99. The monoisotopic (exact) mass is 300 g/mol. The fourth-order valence-corrected chi connectivity index (χ4v) is 1.79. The normalized spacial score (nSPS) is 11.5. The van der Waals surface area contributed by atoms with Gasteiger partial charge in [-0.05, 0) is 30.7 Å². The van der Waals surface area contributed by atoms with Crippen LogP contribution in [-0.2, 0) is 6.18 Å². The summed E-state index contributed by atoms with van der Waals surface area (Å²) in [6.45, 7) is 1.34. The molecule has 0 spiro atoms. The number of carbonyl (C=O) groups excluding carboxylic acids is 1. The first kappa shape index (κ1) is 15.2. The Kier molecular flexibility index (Phi) is 3.80. The Morgan fingerprint density at radius 3 is 2.00 bits per heavy atom. The maximum atomic E-state index is 13.7. The van der Waals surface area contributed by atoms with Crippen LogP contribution in [-0.4, -0.2) is 5.78 Å². The lowest BCUT2D eigenvalue weighted by atomic mass is 10.00. The van der Waals surface area contributed by atoms with Crippen LogP contribution in [0, 0.1) is 18.6 Å². The number of aryl methyl sites for hydroxylation is 1. The SMILES string of the molecule is Cc1ccc(C(=O)c2ccc(C(F)(F)F)cc2)c(F)c1F. The molecule has 0 saturated carbocycles. The molecule has 21 heavy (non-hydrogen) atoms. The highest BCUT2D eigenvalue weighted by atomic mass is 19.4. The number of benzene rings is 2. The van der Waals surface area contributed by atoms with E-state index in [0.29, 0.717) is 0 Å². The molecule has 110 valence electrons. The van der Waals surface area contributed by atoms with Crippen molar-refractivity contribution in [1.82, 2.24) is 0 Å². The van der Waals surface area contributed by atoms with Crippen LogP contribution in [0.15, 0.2) is 36.4 Å². The van der Waals surface area contributed by atoms with Crippen molar-refractivity contribution in [1.29, 1.82) is 0 Å². The Labute approximate surface area is 117 Å². The highest BCUT2D eigenvalue weighted by Gasteiger charge is 2.30. The summed E-state index contributed by atoms with van der Waals surface area (Å²) in [7, 11) is 0. The van der Waals surface area contributed by atoms with Gasteiger partial charge in [-0.15, -0.1) is 0 Å². The van der Waals surface area contributed by atoms with Crippen LogP contribution < -0.4 is 0 Å². The smallest absolute Gasteiger partial charge is 0.288 e. The van der Waals surface area contributed by atoms with Gasteiger partial charge in [0.15, 0.2) is 17.4 Å². The Hall–Kier alpha value is -2.24. The average Bonchev–Trinajstić information content (AvgIpc) is 2.43. The fourth-order valence-electron chi connectivity index (χ4n) is 1.79. The summed E-state index contributed by atoms with van der Waals surface area (Å²) in [6, 6.07) is 5.64. The molecule has 0 radical (unpaired) electrons. The molecule has 0 aliphatic carbocycles. The molecule has 0 unspecified atom stereocenters. The summed E-state index contributed by atoms with van der Waals surface area (Å²) >= 11 is 0. The topological polar surface area (TPSA) is 17.1 Å². The molecule has 1 nitrogen and oxygen atoms in total. The lowest BCUT2D eigenvalue weighted by Crippen LogP contribution is -2.09. The van der Waals surface area contributed by atoms with E-state index in [-0.39, 0.29) is 11.1 Å². The van der Waals surface area contributed by atoms with E-state index in [1.807, 2.05) is 0 Å². The number of ketones is 1. The lowest BCUT2D eigenvalue weighted by molar-refractivity contribution is -0.137. The molecular weight excluding hydrogens is 291 g/mol. The number of carbonyl (C=O) groups is 1. The van der Waals surface area contributed by atoms with Crippen molar-refractivity contribution in [2.75, 3.05) is 0 Å². The molecule has 0 atom stereocenters. The maximum absolute atomic E-state index is 13.7. The first-order valence-electron chi connectivity index (χ1n) is 5.88. The van der Waals surface area contributed by atoms with Crippen molar-refractivity contribution in [3.05, 3.63) is 70.3 Å². The Bertz CT molecular complexity index is 686. The van der Waals surface area contributed by atoms with Crippen molar-refractivity contribution in [2.45, 2.75) is 13.1 Å². The average molecular weight is 300 g/mol. The molecule has 2 aromatic rings. The zero-order chi connectivity index (χ0) is 15.8. The summed E-state index contributed by atoms with van der Waals surface area (Å²) in [6.07, 6.45) is -4.53. The van der Waals surface area contributed by atoms with Crippen molar-refractivity contribution < 1.29 is 26.7 Å². The summed E-state index contributed by atoms with van der Waals surface area (Å²) in [5.74, 6) is -3.33. The van der Waals surface area contributed by atoms with Crippen molar-refractivity contribution in [3.63, 3.8) is 0 Å². The third-order valence-electron chi connectivity index (χ3n) is 2.99. The van der Waals surface area contributed by atoms with Crippen molar-refractivity contribution >= 4 is 5.78 Å². The third kappa shape index (κ3) is 2.94. The molecule has 0 N–H and O–H groups in total. The van der Waals surface area contributed by atoms with Crippen molar-refractivity contribution in [3.8, 4) is 0 Å². The summed E-state index contributed by atoms with van der Waals surface area (Å²) in [5.41, 5.74) is -1.55. The Balaban J connectivity index is 2.39. The molecule has 0 fully saturated rings. The van der Waals surface area contributed by atoms with Gasteiger partial charge in [0.25, 0.3) is 0 Å². The quantitative estimate of drug-likeness (QED) is 0.588. The Morgan fingerprint density at radius 1 is 0.905 bits per heavy atom. The number of hydrogen-bond donors (Lipinski definition) is 0. The largest absolute Gasteiger partial charge is 0.416 e. The van der Waals surface area contributed by atoms with Crippen molar-refractivity contribution in [2.24, 2.45) is 0 Å². The number of rotatable bonds is 2. The van der Waals surface area contributed by atoms with Crippen LogP contribution in [0.25, 0.3) is 0 Å². The van der Waals surface area contributed by atoms with E-state index < -0.39 is 34.7 Å². The van der Waals surface area contributed by atoms with Gasteiger partial charge >= 0.3 is 6.18 Å². The van der Waals surface area contributed by atoms with Gasteiger partial charge in [0.1, 0.15) is 0 Å². The molecule has 0 heterocycles. The van der Waals surface area contributed by atoms with Crippen LogP contribution in [0.5, 0.6) is 0 Å². The number of alkyl halides is 3. The van der Waals surface area contributed by atoms with E-state index in [2.05, 4.69) is 0 Å². The second-order valence-electron chi connectivity index (χ2n) is 4.46. The number of halogens is 5. The highest BCUT2D eigenvalue weighted by Crippen LogP contribution is 2.29. The zero-order valence-corrected chi connectivity index (χ0v) is 10.8. The second-order valence-corrected chi connectivity index (χ2v) is 4.46. The molecule has 0 aromatic heterocycles. The van der Waals surface area contributed by atoms with E-state index in [0.717, 1.165) is 30.3 Å². The molecule has 0 aliphatic heterocycles. The van der Waals surface area contributed by atoms with Gasteiger partial charge in [-0.2, -0.15) is 13.2 Å². The Morgan fingerprint density at radius 2 is 1.48 bits per heavy atom. The van der Waals surface area contributed by atoms with Crippen LogP contribution in [0.3, 0.4) is 0 Å². The number of hydrogen-bond acceptors (Lipinski definition) is 1. The van der Waals surface area contributed by atoms with Crippen LogP contribution in [0.1, 0.15) is 27.0 Å². The molecule has 2 aromatic carbocycles. The van der Waals surface area contributed by atoms with E-state index in [9.17, 15) is 26.7 Å². The minimum Gasteiger partial charge on any atom is -0.288 e. The van der Waals surface area contributed by atoms with E-state index >= 15 is 0 Å². The van der Waals surface area contributed by atoms with Gasteiger partial charge in [0.05, 0.1) is 11.1 Å². The molecule has 6 heteroatoms. The van der Waals surface area contributed by atoms with Gasteiger partial charge in [-0.25, -0.2) is 8.78 Å². The van der Waals surface area contributed by atoms with Gasteiger partial charge in [-0.3, -0.25) is 4.79 Å². The maximum Gasteiger partial charge on any atom is 0.416 e. The molecule has 0 amide bonds. The first-order valence-corrected chi connectivity index (χ1v) is 5.88. The van der Waals surface area contributed by atoms with Crippen LogP contribution in [0.2, 0.25) is 0 Å². The van der Waals surface area contributed by atoms with Crippen LogP contribution in [0.4, 0.5) is 22.0 Å². The summed E-state index contributed by atoms with van der Waals surface area (Å²) in [5, 5.41) is 0. The van der Waals surface area contributed by atoms with Crippen LogP contribution >= 0.6 is 0 Å². The summed E-state index contributed by atoms with van der Waals surface area (Å²) < 4.78 is 64.3. The minimum absolute atomic E-state index is 0.0384.